The summed E-state index contributed by atoms with van der Waals surface area (Å²) in [4.78, 5) is 0. The Morgan fingerprint density at radius 2 is 1.95 bits per heavy atom. The van der Waals surface area contributed by atoms with Crippen LogP contribution in [-0.4, -0.2) is 30.0 Å². The summed E-state index contributed by atoms with van der Waals surface area (Å²) in [6.45, 7) is 8.98. The second-order valence-electron chi connectivity index (χ2n) is 6.19. The Morgan fingerprint density at radius 3 is 2.67 bits per heavy atom. The smallest absolute Gasteiger partial charge is 0.0766 e. The number of hydrogen-bond donors (Lipinski definition) is 1. The molecule has 1 heterocycles. The molecule has 1 N–H and O–H groups in total. The van der Waals surface area contributed by atoms with Gasteiger partial charge >= 0.3 is 0 Å². The standard InChI is InChI=1S/C17H25N3O/c1-17(2,3)15-7-5-6-8-16(15)20-11-9-14(19-20)13-18-10-12-21-4/h5-9,11,18H,10,12-13H2,1-4H3. The van der Waals surface area contributed by atoms with Crippen molar-refractivity contribution in [3.8, 4) is 5.69 Å². The van der Waals surface area contributed by atoms with E-state index >= 15 is 0 Å². The van der Waals surface area contributed by atoms with Gasteiger partial charge in [0.2, 0.25) is 0 Å². The van der Waals surface area contributed by atoms with E-state index in [4.69, 9.17) is 4.74 Å². The highest BCUT2D eigenvalue weighted by molar-refractivity contribution is 5.44. The number of aromatic nitrogens is 2. The fourth-order valence-electron chi connectivity index (χ4n) is 2.29. The summed E-state index contributed by atoms with van der Waals surface area (Å²) >= 11 is 0. The van der Waals surface area contributed by atoms with Gasteiger partial charge in [0.15, 0.2) is 0 Å². The van der Waals surface area contributed by atoms with Crippen molar-refractivity contribution in [3.05, 3.63) is 47.8 Å². The van der Waals surface area contributed by atoms with E-state index < -0.39 is 0 Å². The molecule has 1 aromatic carbocycles. The van der Waals surface area contributed by atoms with E-state index in [1.807, 2.05) is 10.9 Å². The molecule has 0 fully saturated rings. The molecular formula is C17H25N3O. The van der Waals surface area contributed by atoms with Gasteiger partial charge in [-0.05, 0) is 23.1 Å². The monoisotopic (exact) mass is 287 g/mol. The van der Waals surface area contributed by atoms with Gasteiger partial charge in [-0.15, -0.1) is 0 Å². The third-order valence-electron chi connectivity index (χ3n) is 3.39. The van der Waals surface area contributed by atoms with Crippen molar-refractivity contribution in [2.75, 3.05) is 20.3 Å². The summed E-state index contributed by atoms with van der Waals surface area (Å²) in [6, 6.07) is 10.5. The first-order chi connectivity index (χ1) is 10.0. The molecule has 4 heteroatoms. The van der Waals surface area contributed by atoms with E-state index in [1.165, 1.54) is 5.56 Å². The molecule has 0 radical (unpaired) electrons. The molecule has 21 heavy (non-hydrogen) atoms. The van der Waals surface area contributed by atoms with Crippen molar-refractivity contribution in [1.29, 1.82) is 0 Å². The van der Waals surface area contributed by atoms with E-state index in [0.29, 0.717) is 6.61 Å². The molecule has 0 aliphatic heterocycles. The van der Waals surface area contributed by atoms with E-state index in [9.17, 15) is 0 Å². The molecule has 4 nitrogen and oxygen atoms in total. The third kappa shape index (κ3) is 4.16. The van der Waals surface area contributed by atoms with Crippen LogP contribution in [0.1, 0.15) is 32.0 Å². The van der Waals surface area contributed by atoms with Crippen LogP contribution >= 0.6 is 0 Å². The van der Waals surface area contributed by atoms with Crippen LogP contribution in [-0.2, 0) is 16.7 Å². The molecule has 2 rings (SSSR count). The fourth-order valence-corrected chi connectivity index (χ4v) is 2.29. The second kappa shape index (κ2) is 6.87. The van der Waals surface area contributed by atoms with E-state index in [2.05, 4.69) is 61.5 Å². The Hall–Kier alpha value is -1.65. The molecule has 2 aromatic rings. The van der Waals surface area contributed by atoms with Crippen LogP contribution in [0.25, 0.3) is 5.69 Å². The van der Waals surface area contributed by atoms with Gasteiger partial charge in [0, 0.05) is 26.4 Å². The lowest BCUT2D eigenvalue weighted by atomic mass is 9.86. The number of nitrogens with zero attached hydrogens (tertiary/aromatic N) is 2. The maximum Gasteiger partial charge on any atom is 0.0766 e. The van der Waals surface area contributed by atoms with Crippen molar-refractivity contribution in [2.24, 2.45) is 0 Å². The fraction of sp³-hybridized carbons (Fsp3) is 0.471. The van der Waals surface area contributed by atoms with Gasteiger partial charge in [0.1, 0.15) is 0 Å². The van der Waals surface area contributed by atoms with Crippen LogP contribution < -0.4 is 5.32 Å². The molecule has 114 valence electrons. The van der Waals surface area contributed by atoms with Crippen LogP contribution in [0, 0.1) is 0 Å². The van der Waals surface area contributed by atoms with Crippen LogP contribution in [0.15, 0.2) is 36.5 Å². The molecule has 0 saturated heterocycles. The molecule has 0 amide bonds. The van der Waals surface area contributed by atoms with Crippen LogP contribution in [0.3, 0.4) is 0 Å². The molecule has 0 aliphatic rings. The lowest BCUT2D eigenvalue weighted by Gasteiger charge is -2.22. The molecule has 0 unspecified atom stereocenters. The number of hydrogen-bond acceptors (Lipinski definition) is 3. The molecule has 0 bridgehead atoms. The minimum atomic E-state index is 0.0966. The molecule has 0 spiro atoms. The van der Waals surface area contributed by atoms with Crippen LogP contribution in [0.4, 0.5) is 0 Å². The Balaban J connectivity index is 2.15. The third-order valence-corrected chi connectivity index (χ3v) is 3.39. The van der Waals surface area contributed by atoms with Gasteiger partial charge < -0.3 is 10.1 Å². The Kier molecular flexibility index (Phi) is 5.15. The highest BCUT2D eigenvalue weighted by Gasteiger charge is 2.18. The molecule has 1 aromatic heterocycles. The van der Waals surface area contributed by atoms with Crippen LogP contribution in [0.5, 0.6) is 0 Å². The lowest BCUT2D eigenvalue weighted by molar-refractivity contribution is 0.199. The normalized spacial score (nSPS) is 11.8. The highest BCUT2D eigenvalue weighted by Crippen LogP contribution is 2.27. The van der Waals surface area contributed by atoms with E-state index in [0.717, 1.165) is 24.5 Å². The highest BCUT2D eigenvalue weighted by atomic mass is 16.5. The maximum atomic E-state index is 5.02. The van der Waals surface area contributed by atoms with Gasteiger partial charge in [-0.25, -0.2) is 4.68 Å². The summed E-state index contributed by atoms with van der Waals surface area (Å²) in [6.07, 6.45) is 2.03. The van der Waals surface area contributed by atoms with Gasteiger partial charge in [0.05, 0.1) is 18.0 Å². The van der Waals surface area contributed by atoms with E-state index in [1.54, 1.807) is 7.11 Å². The first kappa shape index (κ1) is 15.7. The molecular weight excluding hydrogens is 262 g/mol. The number of methoxy groups -OCH3 is 1. The summed E-state index contributed by atoms with van der Waals surface area (Å²) in [7, 11) is 1.71. The number of benzene rings is 1. The summed E-state index contributed by atoms with van der Waals surface area (Å²) < 4.78 is 6.99. The zero-order valence-electron chi connectivity index (χ0n) is 13.4. The Morgan fingerprint density at radius 1 is 1.19 bits per heavy atom. The van der Waals surface area contributed by atoms with Crippen LogP contribution in [0.2, 0.25) is 0 Å². The summed E-state index contributed by atoms with van der Waals surface area (Å²) in [5.41, 5.74) is 3.58. The number of para-hydroxylation sites is 1. The predicted molar refractivity (Wildman–Crippen MR) is 85.8 cm³/mol. The Labute approximate surface area is 127 Å². The predicted octanol–water partition coefficient (Wildman–Crippen LogP) is 2.91. The minimum Gasteiger partial charge on any atom is -0.383 e. The van der Waals surface area contributed by atoms with Crippen molar-refractivity contribution in [2.45, 2.75) is 32.7 Å². The van der Waals surface area contributed by atoms with E-state index in [-0.39, 0.29) is 5.41 Å². The zero-order valence-corrected chi connectivity index (χ0v) is 13.4. The molecule has 0 aliphatic carbocycles. The van der Waals surface area contributed by atoms with Gasteiger partial charge in [-0.2, -0.15) is 5.10 Å². The van der Waals surface area contributed by atoms with Crippen molar-refractivity contribution in [1.82, 2.24) is 15.1 Å². The quantitative estimate of drug-likeness (QED) is 0.830. The van der Waals surface area contributed by atoms with Crippen molar-refractivity contribution in [3.63, 3.8) is 0 Å². The maximum absolute atomic E-state index is 5.02. The number of nitrogens with one attached hydrogen (secondary N) is 1. The number of ether oxygens (including phenoxy) is 1. The lowest BCUT2D eigenvalue weighted by Crippen LogP contribution is -2.19. The number of rotatable bonds is 6. The average Bonchev–Trinajstić information content (AvgIpc) is 2.91. The second-order valence-corrected chi connectivity index (χ2v) is 6.19. The van der Waals surface area contributed by atoms with Gasteiger partial charge in [-0.3, -0.25) is 0 Å². The first-order valence-corrected chi connectivity index (χ1v) is 7.36. The first-order valence-electron chi connectivity index (χ1n) is 7.36. The molecule has 0 atom stereocenters. The molecule has 0 saturated carbocycles. The zero-order chi connectivity index (χ0) is 15.3. The van der Waals surface area contributed by atoms with Crippen molar-refractivity contribution >= 4 is 0 Å². The van der Waals surface area contributed by atoms with Gasteiger partial charge in [0.25, 0.3) is 0 Å². The Bertz CT molecular complexity index is 569. The van der Waals surface area contributed by atoms with Gasteiger partial charge in [-0.1, -0.05) is 39.0 Å². The topological polar surface area (TPSA) is 39.1 Å². The van der Waals surface area contributed by atoms with Crippen molar-refractivity contribution < 1.29 is 4.74 Å². The average molecular weight is 287 g/mol. The summed E-state index contributed by atoms with van der Waals surface area (Å²) in [5.74, 6) is 0. The minimum absolute atomic E-state index is 0.0966. The largest absolute Gasteiger partial charge is 0.383 e. The SMILES string of the molecule is COCCNCc1ccn(-c2ccccc2C(C)(C)C)n1. The summed E-state index contributed by atoms with van der Waals surface area (Å²) in [5, 5.41) is 7.98.